The van der Waals surface area contributed by atoms with E-state index in [1.54, 1.807) is 0 Å². The van der Waals surface area contributed by atoms with E-state index in [-0.39, 0.29) is 12.2 Å². The Morgan fingerprint density at radius 2 is 2.00 bits per heavy atom. The van der Waals surface area contributed by atoms with Crippen molar-refractivity contribution in [2.45, 2.75) is 38.1 Å². The van der Waals surface area contributed by atoms with Gasteiger partial charge in [0.2, 0.25) is 0 Å². The quantitative estimate of drug-likeness (QED) is 0.839. The highest BCUT2D eigenvalue weighted by molar-refractivity contribution is 5.92. The molecule has 1 fully saturated rings. The molecule has 3 N–H and O–H groups in total. The first-order valence-corrected chi connectivity index (χ1v) is 7.31. The second-order valence-electron chi connectivity index (χ2n) is 6.13. The van der Waals surface area contributed by atoms with Crippen LogP contribution in [-0.4, -0.2) is 22.9 Å². The van der Waals surface area contributed by atoms with Crippen LogP contribution in [0.4, 0.5) is 0 Å². The van der Waals surface area contributed by atoms with Gasteiger partial charge in [0.25, 0.3) is 0 Å². The lowest BCUT2D eigenvalue weighted by molar-refractivity contribution is -0.145. The Morgan fingerprint density at radius 3 is 2.67 bits per heavy atom. The number of benzene rings is 1. The van der Waals surface area contributed by atoms with Crippen molar-refractivity contribution in [2.75, 3.05) is 0 Å². The lowest BCUT2D eigenvalue weighted by Gasteiger charge is -2.15. The molecular weight excluding hydrogens is 266 g/mol. The molecule has 0 radical (unpaired) electrons. The van der Waals surface area contributed by atoms with Crippen LogP contribution in [0.15, 0.2) is 30.3 Å². The van der Waals surface area contributed by atoms with Crippen LogP contribution in [0.25, 0.3) is 5.57 Å². The number of hydrogen-bond acceptors (Lipinski definition) is 3. The first-order valence-electron chi connectivity index (χ1n) is 7.31. The van der Waals surface area contributed by atoms with Crippen LogP contribution in [0.5, 0.6) is 0 Å². The second-order valence-corrected chi connectivity index (χ2v) is 6.13. The molecule has 110 valence electrons. The normalized spacial score (nSPS) is 19.6. The summed E-state index contributed by atoms with van der Waals surface area (Å²) in [5, 5.41) is 9.14. The van der Waals surface area contributed by atoms with Crippen LogP contribution in [-0.2, 0) is 16.0 Å². The van der Waals surface area contributed by atoms with Gasteiger partial charge in [-0.1, -0.05) is 30.3 Å². The molecule has 2 aliphatic carbocycles. The highest BCUT2D eigenvalue weighted by atomic mass is 16.4. The van der Waals surface area contributed by atoms with Crippen molar-refractivity contribution in [2.24, 2.45) is 11.1 Å². The minimum absolute atomic E-state index is 0.0679. The minimum atomic E-state index is -0.867. The predicted molar refractivity (Wildman–Crippen MR) is 79.6 cm³/mol. The van der Waals surface area contributed by atoms with E-state index in [4.69, 9.17) is 10.8 Å². The molecule has 0 amide bonds. The molecule has 1 saturated carbocycles. The lowest BCUT2D eigenvalue weighted by atomic mass is 9.92. The Balaban J connectivity index is 1.64. The van der Waals surface area contributed by atoms with Crippen molar-refractivity contribution in [1.82, 2.24) is 0 Å². The molecule has 1 atom stereocenters. The highest BCUT2D eigenvalue weighted by Crippen LogP contribution is 2.49. The highest BCUT2D eigenvalue weighted by Gasteiger charge is 2.51. The van der Waals surface area contributed by atoms with Gasteiger partial charge >= 0.3 is 5.97 Å². The van der Waals surface area contributed by atoms with Gasteiger partial charge in [-0.15, -0.1) is 0 Å². The number of allylic oxidation sites excluding steroid dienone is 1. The fraction of sp³-hybridized carbons (Fsp3) is 0.412. The average Bonchev–Trinajstić information content (AvgIpc) is 3.14. The molecule has 0 unspecified atom stereocenters. The summed E-state index contributed by atoms with van der Waals surface area (Å²) in [4.78, 5) is 23.3. The second kappa shape index (κ2) is 5.11. The average molecular weight is 285 g/mol. The molecule has 1 aromatic rings. The van der Waals surface area contributed by atoms with Crippen LogP contribution < -0.4 is 5.73 Å². The Kier molecular flexibility index (Phi) is 3.41. The topological polar surface area (TPSA) is 80.4 Å². The molecule has 0 bridgehead atoms. The smallest absolute Gasteiger partial charge is 0.310 e. The summed E-state index contributed by atoms with van der Waals surface area (Å²) in [5.74, 6) is -1.01. The van der Waals surface area contributed by atoms with Crippen molar-refractivity contribution >= 4 is 17.3 Å². The van der Waals surface area contributed by atoms with Crippen molar-refractivity contribution in [3.05, 3.63) is 41.5 Å². The molecule has 0 aliphatic heterocycles. The largest absolute Gasteiger partial charge is 0.481 e. The van der Waals surface area contributed by atoms with E-state index >= 15 is 0 Å². The fourth-order valence-corrected chi connectivity index (χ4v) is 2.98. The molecule has 0 spiro atoms. The molecule has 4 nitrogen and oxygen atoms in total. The van der Waals surface area contributed by atoms with Gasteiger partial charge in [-0.05, 0) is 42.4 Å². The van der Waals surface area contributed by atoms with E-state index in [1.165, 1.54) is 11.1 Å². The number of Topliss-reactive ketones (excluding diaryl/α,β-unsaturated/α-hetero) is 1. The number of carboxylic acid groups (broad SMARTS) is 1. The molecule has 1 aromatic carbocycles. The van der Waals surface area contributed by atoms with Crippen molar-refractivity contribution < 1.29 is 14.7 Å². The molecule has 3 rings (SSSR count). The number of carbonyl (C=O) groups excluding carboxylic acids is 1. The Hall–Kier alpha value is -1.94. The number of carbonyl (C=O) groups is 2. The summed E-state index contributed by atoms with van der Waals surface area (Å²) in [5.41, 5.74) is 8.71. The molecule has 2 aliphatic rings. The first-order chi connectivity index (χ1) is 10.0. The standard InChI is InChI=1S/C17H19NO3/c18-14(15(19)10-17(7-8-17)16(20)21)9-12-6-5-11-3-1-2-4-13(11)12/h1-4,6,14H,5,7-10,18H2,(H,20,21)/t14-/m1/s1. The van der Waals surface area contributed by atoms with E-state index in [0.717, 1.165) is 12.0 Å². The van der Waals surface area contributed by atoms with E-state index < -0.39 is 17.4 Å². The summed E-state index contributed by atoms with van der Waals surface area (Å²) in [6.07, 6.45) is 4.73. The Labute approximate surface area is 123 Å². The van der Waals surface area contributed by atoms with Gasteiger partial charge in [0.1, 0.15) is 0 Å². The Bertz CT molecular complexity index is 629. The SMILES string of the molecule is N[C@H](CC1=CCc2ccccc21)C(=O)CC1(C(=O)O)CC1. The number of carboxylic acids is 1. The van der Waals surface area contributed by atoms with Gasteiger partial charge in [-0.2, -0.15) is 0 Å². The van der Waals surface area contributed by atoms with Crippen LogP contribution in [0, 0.1) is 5.41 Å². The van der Waals surface area contributed by atoms with Gasteiger partial charge < -0.3 is 10.8 Å². The predicted octanol–water partition coefficient (Wildman–Crippen LogP) is 2.17. The van der Waals surface area contributed by atoms with Crippen molar-refractivity contribution in [1.29, 1.82) is 0 Å². The number of hydrogen-bond donors (Lipinski definition) is 2. The number of aliphatic carboxylic acids is 1. The van der Waals surface area contributed by atoms with Gasteiger partial charge in [0.15, 0.2) is 5.78 Å². The molecule has 0 heterocycles. The third-order valence-corrected chi connectivity index (χ3v) is 4.60. The summed E-state index contributed by atoms with van der Waals surface area (Å²) in [6.45, 7) is 0. The van der Waals surface area contributed by atoms with Crippen molar-refractivity contribution in [3.63, 3.8) is 0 Å². The zero-order valence-corrected chi connectivity index (χ0v) is 11.8. The van der Waals surface area contributed by atoms with E-state index in [0.29, 0.717) is 19.3 Å². The first kappa shape index (κ1) is 14.0. The van der Waals surface area contributed by atoms with Crippen LogP contribution in [0.3, 0.4) is 0 Å². The molecule has 0 aromatic heterocycles. The van der Waals surface area contributed by atoms with E-state index in [9.17, 15) is 9.59 Å². The maximum absolute atomic E-state index is 12.2. The zero-order chi connectivity index (χ0) is 15.0. The van der Waals surface area contributed by atoms with Gasteiger partial charge in [0.05, 0.1) is 11.5 Å². The van der Waals surface area contributed by atoms with Gasteiger partial charge in [0, 0.05) is 6.42 Å². The molecule has 21 heavy (non-hydrogen) atoms. The van der Waals surface area contributed by atoms with E-state index in [1.807, 2.05) is 18.2 Å². The third kappa shape index (κ3) is 2.63. The lowest BCUT2D eigenvalue weighted by Crippen LogP contribution is -2.34. The Morgan fingerprint density at radius 1 is 1.29 bits per heavy atom. The van der Waals surface area contributed by atoms with Gasteiger partial charge in [-0.25, -0.2) is 0 Å². The summed E-state index contributed by atoms with van der Waals surface area (Å²) in [7, 11) is 0. The van der Waals surface area contributed by atoms with Crippen LogP contribution in [0.1, 0.15) is 36.8 Å². The summed E-state index contributed by atoms with van der Waals surface area (Å²) in [6, 6.07) is 7.50. The monoisotopic (exact) mass is 285 g/mol. The molecule has 4 heteroatoms. The van der Waals surface area contributed by atoms with Crippen LogP contribution in [0.2, 0.25) is 0 Å². The molecule has 0 saturated heterocycles. The number of nitrogens with two attached hydrogens (primary N) is 1. The summed E-state index contributed by atoms with van der Waals surface area (Å²) < 4.78 is 0. The fourth-order valence-electron chi connectivity index (χ4n) is 2.98. The number of ketones is 1. The maximum atomic E-state index is 12.2. The van der Waals surface area contributed by atoms with Crippen LogP contribution >= 0.6 is 0 Å². The summed E-state index contributed by atoms with van der Waals surface area (Å²) >= 11 is 0. The third-order valence-electron chi connectivity index (χ3n) is 4.60. The zero-order valence-electron chi connectivity index (χ0n) is 11.8. The minimum Gasteiger partial charge on any atom is -0.481 e. The maximum Gasteiger partial charge on any atom is 0.310 e. The van der Waals surface area contributed by atoms with Gasteiger partial charge in [-0.3, -0.25) is 9.59 Å². The number of fused-ring (bicyclic) bond motifs is 1. The van der Waals surface area contributed by atoms with E-state index in [2.05, 4.69) is 12.1 Å². The van der Waals surface area contributed by atoms with Crippen molar-refractivity contribution in [3.8, 4) is 0 Å². The molecular formula is C17H19NO3. The number of rotatable bonds is 6.